The molecule has 1 N–H and O–H groups in total. The molecule has 1 fully saturated rings. The minimum Gasteiger partial charge on any atom is -0.497 e. The van der Waals surface area contributed by atoms with Crippen LogP contribution < -0.4 is 20.1 Å². The molecule has 3 heterocycles. The number of nitrogens with zero attached hydrogens (tertiary/aromatic N) is 3. The number of anilines is 2. The highest BCUT2D eigenvalue weighted by atomic mass is 32.1. The zero-order valence-electron chi connectivity index (χ0n) is 13.4. The van der Waals surface area contributed by atoms with Crippen molar-refractivity contribution in [1.29, 1.82) is 0 Å². The molecule has 1 aromatic carbocycles. The summed E-state index contributed by atoms with van der Waals surface area (Å²) in [4.78, 5) is 23.6. The molecule has 1 aliphatic rings. The first kappa shape index (κ1) is 15.0. The molecule has 0 saturated carbocycles. The summed E-state index contributed by atoms with van der Waals surface area (Å²) in [5.74, 6) is 1.72. The van der Waals surface area contributed by atoms with Crippen LogP contribution in [0.5, 0.6) is 5.75 Å². The van der Waals surface area contributed by atoms with Gasteiger partial charge in [0.2, 0.25) is 5.56 Å². The largest absolute Gasteiger partial charge is 0.497 e. The summed E-state index contributed by atoms with van der Waals surface area (Å²) in [6, 6.07) is 11.3. The van der Waals surface area contributed by atoms with Gasteiger partial charge in [-0.05, 0) is 18.2 Å². The fourth-order valence-corrected chi connectivity index (χ4v) is 3.91. The molecule has 2 aromatic heterocycles. The number of fused-ring (bicyclic) bond motifs is 1. The van der Waals surface area contributed by atoms with Gasteiger partial charge in [-0.15, -0.1) is 0 Å². The Balaban J connectivity index is 1.50. The number of aromatic nitrogens is 2. The van der Waals surface area contributed by atoms with E-state index in [9.17, 15) is 4.79 Å². The number of H-pyrrole nitrogens is 1. The van der Waals surface area contributed by atoms with E-state index in [0.717, 1.165) is 48.4 Å². The molecule has 0 unspecified atom stereocenters. The maximum Gasteiger partial charge on any atom is 0.249 e. The van der Waals surface area contributed by atoms with E-state index >= 15 is 0 Å². The molecule has 4 rings (SSSR count). The number of nitrogens with one attached hydrogen (secondary N) is 1. The molecule has 7 heteroatoms. The average molecular weight is 342 g/mol. The fourth-order valence-electron chi connectivity index (χ4n) is 2.92. The Labute approximate surface area is 143 Å². The van der Waals surface area contributed by atoms with E-state index in [1.54, 1.807) is 24.5 Å². The minimum absolute atomic E-state index is 0.0601. The molecular formula is C17H18N4O2S. The monoisotopic (exact) mass is 342 g/mol. The molecule has 0 spiro atoms. The smallest absolute Gasteiger partial charge is 0.249 e. The summed E-state index contributed by atoms with van der Waals surface area (Å²) in [5.41, 5.74) is 0.916. The maximum atomic E-state index is 11.5. The van der Waals surface area contributed by atoms with Crippen LogP contribution in [0.1, 0.15) is 0 Å². The normalized spacial score (nSPS) is 15.0. The van der Waals surface area contributed by atoms with Gasteiger partial charge >= 0.3 is 0 Å². The van der Waals surface area contributed by atoms with E-state index in [1.165, 1.54) is 10.8 Å². The van der Waals surface area contributed by atoms with E-state index in [1.807, 2.05) is 18.2 Å². The average Bonchev–Trinajstić information content (AvgIpc) is 3.05. The minimum atomic E-state index is -0.0601. The summed E-state index contributed by atoms with van der Waals surface area (Å²) in [7, 11) is 1.67. The van der Waals surface area contributed by atoms with Crippen molar-refractivity contribution < 1.29 is 4.74 Å². The molecule has 3 aromatic rings. The highest BCUT2D eigenvalue weighted by Crippen LogP contribution is 2.31. The van der Waals surface area contributed by atoms with Crippen LogP contribution in [0.15, 0.2) is 41.2 Å². The van der Waals surface area contributed by atoms with Crippen molar-refractivity contribution in [2.24, 2.45) is 0 Å². The van der Waals surface area contributed by atoms with E-state index in [0.29, 0.717) is 0 Å². The fraction of sp³-hybridized carbons (Fsp3) is 0.294. The van der Waals surface area contributed by atoms with E-state index < -0.39 is 0 Å². The molecule has 0 radical (unpaired) electrons. The van der Waals surface area contributed by atoms with Crippen molar-refractivity contribution >= 4 is 32.5 Å². The molecule has 124 valence electrons. The summed E-state index contributed by atoms with van der Waals surface area (Å²) < 4.78 is 6.43. The molecule has 6 nitrogen and oxygen atoms in total. The Morgan fingerprint density at radius 1 is 1.12 bits per heavy atom. The van der Waals surface area contributed by atoms with Gasteiger partial charge in [-0.3, -0.25) is 4.79 Å². The lowest BCUT2D eigenvalue weighted by atomic mass is 10.3. The first-order valence-corrected chi connectivity index (χ1v) is 8.68. The number of ether oxygens (including phenoxy) is 1. The van der Waals surface area contributed by atoms with Gasteiger partial charge in [0.25, 0.3) is 0 Å². The van der Waals surface area contributed by atoms with Crippen molar-refractivity contribution in [3.05, 3.63) is 46.8 Å². The number of hydrogen-bond acceptors (Lipinski definition) is 6. The summed E-state index contributed by atoms with van der Waals surface area (Å²) in [6.45, 7) is 3.49. The van der Waals surface area contributed by atoms with Crippen LogP contribution in [0.4, 0.5) is 10.9 Å². The van der Waals surface area contributed by atoms with Gasteiger partial charge in [-0.25, -0.2) is 4.98 Å². The van der Waals surface area contributed by atoms with Crippen LogP contribution in [0, 0.1) is 0 Å². The molecule has 0 aliphatic carbocycles. The predicted molar refractivity (Wildman–Crippen MR) is 97.7 cm³/mol. The number of hydrogen-bond donors (Lipinski definition) is 1. The van der Waals surface area contributed by atoms with Crippen LogP contribution in [0.2, 0.25) is 0 Å². The Hall–Kier alpha value is -2.54. The maximum absolute atomic E-state index is 11.5. The van der Waals surface area contributed by atoms with Gasteiger partial charge in [0.1, 0.15) is 11.6 Å². The van der Waals surface area contributed by atoms with E-state index in [4.69, 9.17) is 9.72 Å². The van der Waals surface area contributed by atoms with E-state index in [2.05, 4.69) is 20.9 Å². The first-order chi connectivity index (χ1) is 11.7. The van der Waals surface area contributed by atoms with Gasteiger partial charge in [0.15, 0.2) is 5.13 Å². The summed E-state index contributed by atoms with van der Waals surface area (Å²) >= 11 is 1.71. The van der Waals surface area contributed by atoms with Crippen LogP contribution in [-0.4, -0.2) is 43.3 Å². The molecule has 0 amide bonds. The predicted octanol–water partition coefficient (Wildman–Crippen LogP) is 2.32. The molecule has 1 saturated heterocycles. The van der Waals surface area contributed by atoms with Gasteiger partial charge in [-0.1, -0.05) is 17.4 Å². The van der Waals surface area contributed by atoms with Gasteiger partial charge in [0, 0.05) is 38.3 Å². The Kier molecular flexibility index (Phi) is 3.86. The third-order valence-corrected chi connectivity index (χ3v) is 5.32. The lowest BCUT2D eigenvalue weighted by molar-refractivity contribution is 0.415. The number of thiazole rings is 1. The second-order valence-corrected chi connectivity index (χ2v) is 6.71. The van der Waals surface area contributed by atoms with Crippen molar-refractivity contribution in [2.75, 3.05) is 43.1 Å². The highest BCUT2D eigenvalue weighted by molar-refractivity contribution is 7.22. The zero-order chi connectivity index (χ0) is 16.5. The number of rotatable bonds is 3. The van der Waals surface area contributed by atoms with E-state index in [-0.39, 0.29) is 5.56 Å². The number of benzene rings is 1. The molecule has 1 aliphatic heterocycles. The Bertz CT molecular complexity index is 912. The van der Waals surface area contributed by atoms with Gasteiger partial charge in [-0.2, -0.15) is 0 Å². The SMILES string of the molecule is COc1ccc2sc(N3CCN(c4cccc(=O)[nH]4)CC3)nc2c1. The summed E-state index contributed by atoms with van der Waals surface area (Å²) in [6.07, 6.45) is 0. The van der Waals surface area contributed by atoms with Gasteiger partial charge in [0.05, 0.1) is 17.3 Å². The van der Waals surface area contributed by atoms with Crippen molar-refractivity contribution in [3.8, 4) is 5.75 Å². The van der Waals surface area contributed by atoms with Gasteiger partial charge < -0.3 is 19.5 Å². The number of piperazine rings is 1. The Morgan fingerprint density at radius 2 is 1.92 bits per heavy atom. The second-order valence-electron chi connectivity index (χ2n) is 5.70. The third-order valence-electron chi connectivity index (χ3n) is 4.23. The third kappa shape index (κ3) is 2.82. The number of aromatic amines is 1. The Morgan fingerprint density at radius 3 is 2.67 bits per heavy atom. The van der Waals surface area contributed by atoms with Crippen molar-refractivity contribution in [1.82, 2.24) is 9.97 Å². The standard InChI is InChI=1S/C17H18N4O2S/c1-23-12-5-6-14-13(11-12)18-17(24-14)21-9-7-20(8-10-21)15-3-2-4-16(22)19-15/h2-6,11H,7-10H2,1H3,(H,19,22). The molecule has 0 bridgehead atoms. The number of pyridine rings is 1. The first-order valence-electron chi connectivity index (χ1n) is 7.87. The lowest BCUT2D eigenvalue weighted by Gasteiger charge is -2.35. The van der Waals surface area contributed by atoms with Crippen LogP contribution in [0.3, 0.4) is 0 Å². The second kappa shape index (κ2) is 6.16. The highest BCUT2D eigenvalue weighted by Gasteiger charge is 2.20. The molecule has 24 heavy (non-hydrogen) atoms. The van der Waals surface area contributed by atoms with Crippen molar-refractivity contribution in [3.63, 3.8) is 0 Å². The topological polar surface area (TPSA) is 61.5 Å². The molecule has 0 atom stereocenters. The van der Waals surface area contributed by atoms with Crippen LogP contribution in [-0.2, 0) is 0 Å². The lowest BCUT2D eigenvalue weighted by Crippen LogP contribution is -2.47. The van der Waals surface area contributed by atoms with Crippen LogP contribution >= 0.6 is 11.3 Å². The molecular weight excluding hydrogens is 324 g/mol. The zero-order valence-corrected chi connectivity index (χ0v) is 14.2. The summed E-state index contributed by atoms with van der Waals surface area (Å²) in [5, 5.41) is 1.04. The number of methoxy groups -OCH3 is 1. The van der Waals surface area contributed by atoms with Crippen molar-refractivity contribution in [2.45, 2.75) is 0 Å². The van der Waals surface area contributed by atoms with Crippen LogP contribution in [0.25, 0.3) is 10.2 Å². The quantitative estimate of drug-likeness (QED) is 0.791.